The average Bonchev–Trinajstić information content (AvgIpc) is 2.88. The van der Waals surface area contributed by atoms with Crippen molar-refractivity contribution in [2.75, 3.05) is 5.32 Å². The molecule has 1 atom stereocenters. The summed E-state index contributed by atoms with van der Waals surface area (Å²) < 4.78 is 29.5. The number of fused-ring (bicyclic) bond motifs is 1. The molecule has 8 nitrogen and oxygen atoms in total. The molecule has 3 rings (SSSR count). The highest BCUT2D eigenvalue weighted by Gasteiger charge is 2.27. The van der Waals surface area contributed by atoms with Crippen LogP contribution in [0.15, 0.2) is 23.1 Å². The van der Waals surface area contributed by atoms with Crippen LogP contribution >= 0.6 is 0 Å². The van der Waals surface area contributed by atoms with Gasteiger partial charge in [-0.1, -0.05) is 19.1 Å². The van der Waals surface area contributed by atoms with Gasteiger partial charge in [-0.05, 0) is 44.4 Å². The van der Waals surface area contributed by atoms with Crippen LogP contribution in [0, 0.1) is 13.8 Å². The lowest BCUT2D eigenvalue weighted by atomic mass is 10.0. The molecule has 150 valence electrons. The van der Waals surface area contributed by atoms with Crippen LogP contribution in [0.1, 0.15) is 49.2 Å². The van der Waals surface area contributed by atoms with Crippen LogP contribution in [-0.2, 0) is 14.8 Å². The third-order valence-electron chi connectivity index (χ3n) is 4.86. The van der Waals surface area contributed by atoms with Crippen molar-refractivity contribution >= 4 is 27.7 Å². The van der Waals surface area contributed by atoms with Crippen LogP contribution in [0.3, 0.4) is 0 Å². The van der Waals surface area contributed by atoms with Crippen molar-refractivity contribution in [3.05, 3.63) is 29.5 Å². The molecule has 1 aliphatic heterocycles. The summed E-state index contributed by atoms with van der Waals surface area (Å²) >= 11 is 0. The number of hydrogen-bond acceptors (Lipinski definition) is 5. The summed E-state index contributed by atoms with van der Waals surface area (Å²) in [6.45, 7) is 7.16. The molecule has 1 aliphatic rings. The first-order valence-electron chi connectivity index (χ1n) is 9.20. The van der Waals surface area contributed by atoms with Gasteiger partial charge in [-0.25, -0.2) is 13.1 Å². The number of hydrogen-bond donors (Lipinski definition) is 2. The highest BCUT2D eigenvalue weighted by molar-refractivity contribution is 7.89. The first-order chi connectivity index (χ1) is 13.1. The maximum atomic E-state index is 12.8. The Balaban J connectivity index is 2.14. The number of aromatic nitrogens is 2. The van der Waals surface area contributed by atoms with Crippen LogP contribution in [-0.4, -0.2) is 36.1 Å². The molecule has 9 heteroatoms. The van der Waals surface area contributed by atoms with Crippen LogP contribution in [0.4, 0.5) is 5.82 Å². The molecule has 2 N–H and O–H groups in total. The van der Waals surface area contributed by atoms with E-state index in [0.717, 1.165) is 0 Å². The van der Waals surface area contributed by atoms with Crippen molar-refractivity contribution in [2.45, 2.75) is 57.9 Å². The SMILES string of the molecule is CCC(C)NS(=O)(=O)c1cc(-c2c(C)nn3c2NC(=O)CCC3=O)ccc1C. The molecule has 0 saturated carbocycles. The fraction of sp³-hybridized carbons (Fsp3) is 0.421. The van der Waals surface area contributed by atoms with Crippen molar-refractivity contribution < 1.29 is 18.0 Å². The first kappa shape index (κ1) is 20.2. The van der Waals surface area contributed by atoms with Gasteiger partial charge in [-0.15, -0.1) is 0 Å². The van der Waals surface area contributed by atoms with Crippen molar-refractivity contribution in [1.29, 1.82) is 0 Å². The van der Waals surface area contributed by atoms with E-state index in [-0.39, 0.29) is 41.4 Å². The Kier molecular flexibility index (Phi) is 5.40. The lowest BCUT2D eigenvalue weighted by molar-refractivity contribution is -0.116. The van der Waals surface area contributed by atoms with E-state index in [0.29, 0.717) is 28.8 Å². The number of aryl methyl sites for hydroxylation is 2. The molecule has 1 aromatic carbocycles. The van der Waals surface area contributed by atoms with Crippen molar-refractivity contribution in [1.82, 2.24) is 14.5 Å². The second-order valence-electron chi connectivity index (χ2n) is 7.07. The van der Waals surface area contributed by atoms with E-state index in [4.69, 9.17) is 0 Å². The number of carbonyl (C=O) groups is 2. The summed E-state index contributed by atoms with van der Waals surface area (Å²) in [4.78, 5) is 24.5. The van der Waals surface area contributed by atoms with Gasteiger partial charge in [0, 0.05) is 24.4 Å². The van der Waals surface area contributed by atoms with Gasteiger partial charge >= 0.3 is 0 Å². The zero-order valence-corrected chi connectivity index (χ0v) is 17.2. The number of anilines is 1. The summed E-state index contributed by atoms with van der Waals surface area (Å²) in [5.74, 6) is -0.264. The maximum absolute atomic E-state index is 12.8. The molecular weight excluding hydrogens is 380 g/mol. The molecule has 0 bridgehead atoms. The van der Waals surface area contributed by atoms with Crippen molar-refractivity contribution in [3.63, 3.8) is 0 Å². The molecule has 0 spiro atoms. The molecular formula is C19H24N4O4S. The average molecular weight is 404 g/mol. The monoisotopic (exact) mass is 404 g/mol. The minimum Gasteiger partial charge on any atom is -0.310 e. The molecule has 1 unspecified atom stereocenters. The van der Waals surface area contributed by atoms with Gasteiger partial charge < -0.3 is 5.32 Å². The molecule has 2 heterocycles. The Labute approximate surface area is 164 Å². The van der Waals surface area contributed by atoms with Crippen LogP contribution in [0.25, 0.3) is 11.1 Å². The number of benzene rings is 1. The van der Waals surface area contributed by atoms with Crippen LogP contribution in [0.2, 0.25) is 0 Å². The first-order valence-corrected chi connectivity index (χ1v) is 10.7. The Morgan fingerprint density at radius 2 is 1.96 bits per heavy atom. The molecule has 1 amide bonds. The second-order valence-corrected chi connectivity index (χ2v) is 8.76. The van der Waals surface area contributed by atoms with Gasteiger partial charge in [0.2, 0.25) is 21.8 Å². The minimum absolute atomic E-state index is 0.0751. The molecule has 0 radical (unpaired) electrons. The normalized spacial score (nSPS) is 15.7. The van der Waals surface area contributed by atoms with E-state index in [1.165, 1.54) is 4.68 Å². The summed E-state index contributed by atoms with van der Waals surface area (Å²) in [5, 5.41) is 7.00. The summed E-state index contributed by atoms with van der Waals surface area (Å²) in [6, 6.07) is 4.85. The number of sulfonamides is 1. The molecule has 1 aromatic heterocycles. The predicted molar refractivity (Wildman–Crippen MR) is 106 cm³/mol. The van der Waals surface area contributed by atoms with Crippen LogP contribution in [0.5, 0.6) is 0 Å². The third kappa shape index (κ3) is 3.72. The molecule has 2 aromatic rings. The van der Waals surface area contributed by atoms with Gasteiger partial charge in [-0.3, -0.25) is 9.59 Å². The van der Waals surface area contributed by atoms with E-state index in [2.05, 4.69) is 15.1 Å². The Morgan fingerprint density at radius 3 is 2.64 bits per heavy atom. The van der Waals surface area contributed by atoms with Gasteiger partial charge in [0.05, 0.1) is 10.6 Å². The third-order valence-corrected chi connectivity index (χ3v) is 6.59. The number of rotatable bonds is 5. The van der Waals surface area contributed by atoms with Gasteiger partial charge in [-0.2, -0.15) is 9.78 Å². The topological polar surface area (TPSA) is 110 Å². The van der Waals surface area contributed by atoms with Gasteiger partial charge in [0.15, 0.2) is 0 Å². The molecule has 0 aliphatic carbocycles. The van der Waals surface area contributed by atoms with Crippen LogP contribution < -0.4 is 10.0 Å². The Morgan fingerprint density at radius 1 is 1.25 bits per heavy atom. The summed E-state index contributed by atoms with van der Waals surface area (Å²) in [6.07, 6.45) is 0.834. The van der Waals surface area contributed by atoms with Crippen molar-refractivity contribution in [3.8, 4) is 11.1 Å². The zero-order valence-electron chi connectivity index (χ0n) is 16.4. The Hall–Kier alpha value is -2.52. The largest absolute Gasteiger partial charge is 0.310 e. The van der Waals surface area contributed by atoms with Gasteiger partial charge in [0.25, 0.3) is 0 Å². The highest BCUT2D eigenvalue weighted by atomic mass is 32.2. The van der Waals surface area contributed by atoms with Crippen molar-refractivity contribution in [2.24, 2.45) is 0 Å². The quantitative estimate of drug-likeness (QED) is 0.796. The number of nitrogens with zero attached hydrogens (tertiary/aromatic N) is 2. The standard InChI is InChI=1S/C19H24N4O4S/c1-5-12(3)22-28(26,27)15-10-14(7-6-11(15)2)18-13(4)21-23-17(25)9-8-16(24)20-19(18)23/h6-7,10,12,22H,5,8-9H2,1-4H3,(H,20,24). The summed E-state index contributed by atoms with van der Waals surface area (Å²) in [7, 11) is -3.71. The molecule has 0 fully saturated rings. The van der Waals surface area contributed by atoms with Gasteiger partial charge in [0.1, 0.15) is 5.82 Å². The maximum Gasteiger partial charge on any atom is 0.249 e. The van der Waals surface area contributed by atoms with E-state index in [9.17, 15) is 18.0 Å². The lowest BCUT2D eigenvalue weighted by Crippen LogP contribution is -2.32. The van der Waals surface area contributed by atoms with E-state index >= 15 is 0 Å². The lowest BCUT2D eigenvalue weighted by Gasteiger charge is -2.15. The molecule has 0 saturated heterocycles. The second kappa shape index (κ2) is 7.48. The number of nitrogens with one attached hydrogen (secondary N) is 2. The number of carbonyl (C=O) groups excluding carboxylic acids is 2. The summed E-state index contributed by atoms with van der Waals surface area (Å²) in [5.41, 5.74) is 2.26. The molecule has 28 heavy (non-hydrogen) atoms. The smallest absolute Gasteiger partial charge is 0.249 e. The Bertz CT molecular complexity index is 1060. The minimum atomic E-state index is -3.71. The fourth-order valence-electron chi connectivity index (χ4n) is 3.15. The zero-order chi connectivity index (χ0) is 20.6. The van der Waals surface area contributed by atoms with E-state index in [1.807, 2.05) is 6.92 Å². The highest BCUT2D eigenvalue weighted by Crippen LogP contribution is 2.35. The predicted octanol–water partition coefficient (Wildman–Crippen LogP) is 2.62. The fourth-order valence-corrected chi connectivity index (χ4v) is 4.74. The number of amides is 1. The van der Waals surface area contributed by atoms with E-state index in [1.54, 1.807) is 39.0 Å². The van der Waals surface area contributed by atoms with E-state index < -0.39 is 10.0 Å².